The highest BCUT2D eigenvalue weighted by molar-refractivity contribution is 7.36. The Labute approximate surface area is 128 Å². The molecule has 122 valence electrons. The molecule has 3 unspecified atom stereocenters. The van der Waals surface area contributed by atoms with E-state index in [1.54, 1.807) is 21.0 Å². The Kier molecular flexibility index (Phi) is 5.60. The summed E-state index contributed by atoms with van der Waals surface area (Å²) in [7, 11) is 1.42. The molecular formula is C12H20N4O5P+. The number of aryl methyl sites for hydroxylation is 1. The second kappa shape index (κ2) is 7.26. The van der Waals surface area contributed by atoms with Gasteiger partial charge in [0.1, 0.15) is 12.7 Å². The van der Waals surface area contributed by atoms with Gasteiger partial charge in [0, 0.05) is 38.9 Å². The molecule has 0 aliphatic carbocycles. The predicted molar refractivity (Wildman–Crippen MR) is 80.1 cm³/mol. The van der Waals surface area contributed by atoms with E-state index in [2.05, 4.69) is 10.3 Å². The maximum atomic E-state index is 11.9. The molecule has 3 atom stereocenters. The van der Waals surface area contributed by atoms with Crippen molar-refractivity contribution in [3.05, 3.63) is 32.6 Å². The van der Waals surface area contributed by atoms with E-state index in [0.29, 0.717) is 18.7 Å². The molecule has 1 aliphatic rings. The summed E-state index contributed by atoms with van der Waals surface area (Å²) in [6.07, 6.45) is 0.580. The lowest BCUT2D eigenvalue weighted by Gasteiger charge is -2.30. The number of ether oxygens (including phenoxy) is 1. The smallest absolute Gasteiger partial charge is 0.349 e. The SMILES string of the molecule is Cc1cn(C2CNCC(CO[P+](=O)N(C)C)O2)c(=O)[nH]c1=O. The molecule has 0 amide bonds. The zero-order chi connectivity index (χ0) is 16.3. The lowest BCUT2D eigenvalue weighted by molar-refractivity contribution is -0.0929. The van der Waals surface area contributed by atoms with Crippen LogP contribution in [0.2, 0.25) is 0 Å². The van der Waals surface area contributed by atoms with E-state index in [4.69, 9.17) is 9.26 Å². The molecule has 0 saturated carbocycles. The van der Waals surface area contributed by atoms with Crippen LogP contribution < -0.4 is 16.6 Å². The monoisotopic (exact) mass is 331 g/mol. The molecule has 22 heavy (non-hydrogen) atoms. The standard InChI is InChI=1S/C12H19N4O5P/c1-8-6-16(12(18)14-11(8)17)10-5-13-4-9(21-10)7-20-22(19)15(2)3/h6,9-10,13H,4-5,7H2,1-3H3/p+1. The van der Waals surface area contributed by atoms with Gasteiger partial charge in [0.2, 0.25) is 0 Å². The van der Waals surface area contributed by atoms with Crippen LogP contribution in [0.1, 0.15) is 11.8 Å². The molecule has 1 aromatic heterocycles. The van der Waals surface area contributed by atoms with E-state index in [1.807, 2.05) is 0 Å². The molecule has 0 spiro atoms. The van der Waals surface area contributed by atoms with Crippen molar-refractivity contribution < 1.29 is 13.8 Å². The quantitative estimate of drug-likeness (QED) is 0.705. The Morgan fingerprint density at radius 3 is 2.86 bits per heavy atom. The number of H-pyrrole nitrogens is 1. The van der Waals surface area contributed by atoms with Gasteiger partial charge < -0.3 is 10.1 Å². The highest BCUT2D eigenvalue weighted by atomic mass is 31.1. The van der Waals surface area contributed by atoms with Crippen molar-refractivity contribution >= 4 is 8.18 Å². The molecule has 9 nitrogen and oxygen atoms in total. The summed E-state index contributed by atoms with van der Waals surface area (Å²) >= 11 is 0. The Morgan fingerprint density at radius 1 is 1.45 bits per heavy atom. The number of aromatic nitrogens is 2. The third-order valence-corrected chi connectivity index (χ3v) is 4.22. The third-order valence-electron chi connectivity index (χ3n) is 3.19. The van der Waals surface area contributed by atoms with Crippen molar-refractivity contribution in [2.24, 2.45) is 0 Å². The van der Waals surface area contributed by atoms with Crippen molar-refractivity contribution in [1.82, 2.24) is 19.5 Å². The average molecular weight is 331 g/mol. The highest BCUT2D eigenvalue weighted by Gasteiger charge is 2.29. The van der Waals surface area contributed by atoms with Gasteiger partial charge in [0.25, 0.3) is 5.56 Å². The number of hydrogen-bond acceptors (Lipinski definition) is 6. The van der Waals surface area contributed by atoms with Crippen LogP contribution in [0.3, 0.4) is 0 Å². The van der Waals surface area contributed by atoms with Gasteiger partial charge in [-0.2, -0.15) is 0 Å². The molecule has 1 aromatic rings. The maximum Gasteiger partial charge on any atom is 0.615 e. The maximum absolute atomic E-state index is 11.9. The van der Waals surface area contributed by atoms with Crippen molar-refractivity contribution in [2.45, 2.75) is 19.3 Å². The van der Waals surface area contributed by atoms with E-state index in [-0.39, 0.29) is 12.7 Å². The molecule has 10 heteroatoms. The summed E-state index contributed by atoms with van der Waals surface area (Å²) in [5.74, 6) is 0. The first-order chi connectivity index (χ1) is 10.4. The first kappa shape index (κ1) is 17.0. The average Bonchev–Trinajstić information content (AvgIpc) is 2.48. The molecule has 2 heterocycles. The van der Waals surface area contributed by atoms with Crippen LogP contribution in [0.4, 0.5) is 0 Å². The minimum atomic E-state index is -1.89. The molecule has 1 fully saturated rings. The summed E-state index contributed by atoms with van der Waals surface area (Å²) in [6, 6.07) is 0. The molecule has 0 radical (unpaired) electrons. The molecule has 1 aliphatic heterocycles. The van der Waals surface area contributed by atoms with Gasteiger partial charge in [-0.1, -0.05) is 4.67 Å². The summed E-state index contributed by atoms with van der Waals surface area (Å²) in [4.78, 5) is 25.5. The van der Waals surface area contributed by atoms with Gasteiger partial charge in [-0.05, 0) is 11.5 Å². The number of aromatic amines is 1. The summed E-state index contributed by atoms with van der Waals surface area (Å²) in [5, 5.41) is 3.13. The number of hydrogen-bond donors (Lipinski definition) is 2. The number of nitrogens with one attached hydrogen (secondary N) is 2. The van der Waals surface area contributed by atoms with Crippen LogP contribution in [0, 0.1) is 6.92 Å². The molecule has 0 bridgehead atoms. The number of morpholine rings is 1. The normalized spacial score (nSPS) is 22.8. The van der Waals surface area contributed by atoms with E-state index in [9.17, 15) is 14.2 Å². The molecule has 2 rings (SSSR count). The summed E-state index contributed by atoms with van der Waals surface area (Å²) in [5.41, 5.74) is -0.506. The fourth-order valence-corrected chi connectivity index (χ4v) is 2.54. The summed E-state index contributed by atoms with van der Waals surface area (Å²) < 4.78 is 25.4. The lowest BCUT2D eigenvalue weighted by atomic mass is 10.3. The first-order valence-electron chi connectivity index (χ1n) is 6.84. The van der Waals surface area contributed by atoms with E-state index < -0.39 is 25.7 Å². The van der Waals surface area contributed by atoms with Crippen molar-refractivity contribution in [1.29, 1.82) is 0 Å². The van der Waals surface area contributed by atoms with Gasteiger partial charge in [-0.3, -0.25) is 14.3 Å². The summed E-state index contributed by atoms with van der Waals surface area (Å²) in [6.45, 7) is 2.73. The van der Waals surface area contributed by atoms with Gasteiger partial charge >= 0.3 is 13.9 Å². The van der Waals surface area contributed by atoms with E-state index >= 15 is 0 Å². The van der Waals surface area contributed by atoms with Crippen molar-refractivity contribution in [2.75, 3.05) is 33.8 Å². The van der Waals surface area contributed by atoms with Crippen LogP contribution >= 0.6 is 8.18 Å². The Balaban J connectivity index is 2.05. The van der Waals surface area contributed by atoms with Crippen LogP contribution in [0.15, 0.2) is 15.8 Å². The first-order valence-corrected chi connectivity index (χ1v) is 7.97. The van der Waals surface area contributed by atoms with Gasteiger partial charge in [0.15, 0.2) is 6.23 Å². The van der Waals surface area contributed by atoms with Gasteiger partial charge in [0.05, 0.1) is 0 Å². The molecule has 1 saturated heterocycles. The minimum absolute atomic E-state index is 0.147. The van der Waals surface area contributed by atoms with Gasteiger partial charge in [-0.25, -0.2) is 4.79 Å². The Hall–Kier alpha value is -1.38. The van der Waals surface area contributed by atoms with Crippen LogP contribution in [-0.4, -0.2) is 54.1 Å². The second-order valence-electron chi connectivity index (χ2n) is 5.23. The van der Waals surface area contributed by atoms with Crippen LogP contribution in [-0.2, 0) is 13.8 Å². The van der Waals surface area contributed by atoms with Crippen LogP contribution in [0.5, 0.6) is 0 Å². The van der Waals surface area contributed by atoms with Crippen molar-refractivity contribution in [3.63, 3.8) is 0 Å². The largest absolute Gasteiger partial charge is 0.615 e. The second-order valence-corrected chi connectivity index (χ2v) is 6.76. The fraction of sp³-hybridized carbons (Fsp3) is 0.667. The predicted octanol–water partition coefficient (Wildman–Crippen LogP) is -0.432. The highest BCUT2D eigenvalue weighted by Crippen LogP contribution is 2.25. The third kappa shape index (κ3) is 4.08. The number of rotatable bonds is 5. The van der Waals surface area contributed by atoms with Gasteiger partial charge in [-0.15, -0.1) is 4.52 Å². The van der Waals surface area contributed by atoms with E-state index in [1.165, 1.54) is 15.4 Å². The Morgan fingerprint density at radius 2 is 2.18 bits per heavy atom. The van der Waals surface area contributed by atoms with Crippen molar-refractivity contribution in [3.8, 4) is 0 Å². The zero-order valence-corrected chi connectivity index (χ0v) is 13.6. The Bertz CT molecular complexity index is 656. The molecular weight excluding hydrogens is 311 g/mol. The van der Waals surface area contributed by atoms with E-state index in [0.717, 1.165) is 0 Å². The fourth-order valence-electron chi connectivity index (χ4n) is 2.01. The lowest BCUT2D eigenvalue weighted by Crippen LogP contribution is -2.47. The number of nitrogens with zero attached hydrogens (tertiary/aromatic N) is 2. The molecule has 2 N–H and O–H groups in total. The van der Waals surface area contributed by atoms with Crippen LogP contribution in [0.25, 0.3) is 0 Å². The molecule has 0 aromatic carbocycles. The minimum Gasteiger partial charge on any atom is -0.349 e. The topological polar surface area (TPSA) is 106 Å². The zero-order valence-electron chi connectivity index (χ0n) is 12.7.